The molecule has 0 saturated carbocycles. The fourth-order valence-electron chi connectivity index (χ4n) is 1.85. The lowest BCUT2D eigenvalue weighted by Gasteiger charge is -2.19. The summed E-state index contributed by atoms with van der Waals surface area (Å²) in [5, 5.41) is 3.42. The number of esters is 1. The largest absolute Gasteiger partial charge is 0.465 e. The number of methoxy groups -OCH3 is 1. The summed E-state index contributed by atoms with van der Waals surface area (Å²) in [7, 11) is 1.30. The van der Waals surface area contributed by atoms with Gasteiger partial charge in [-0.05, 0) is 42.8 Å². The van der Waals surface area contributed by atoms with Crippen LogP contribution in [0.1, 0.15) is 30.4 Å². The summed E-state index contributed by atoms with van der Waals surface area (Å²) >= 11 is 4.70. The minimum Gasteiger partial charge on any atom is -0.465 e. The van der Waals surface area contributed by atoms with E-state index in [0.29, 0.717) is 10.6 Å². The lowest BCUT2D eigenvalue weighted by atomic mass is 10.2. The van der Waals surface area contributed by atoms with E-state index in [-0.39, 0.29) is 0 Å². The maximum Gasteiger partial charge on any atom is 0.412 e. The Morgan fingerprint density at radius 2 is 1.95 bits per heavy atom. The molecule has 0 unspecified atom stereocenters. The fourth-order valence-corrected chi connectivity index (χ4v) is 3.54. The summed E-state index contributed by atoms with van der Waals surface area (Å²) in [5.74, 6) is -0.501. The third-order valence-corrected chi connectivity index (χ3v) is 4.81. The van der Waals surface area contributed by atoms with Crippen LogP contribution >= 0.6 is 27.3 Å². The van der Waals surface area contributed by atoms with Crippen LogP contribution in [0, 0.1) is 0 Å². The van der Waals surface area contributed by atoms with E-state index in [0.717, 1.165) is 14.6 Å². The van der Waals surface area contributed by atoms with Crippen LogP contribution in [0.5, 0.6) is 0 Å². The summed E-state index contributed by atoms with van der Waals surface area (Å²) < 4.78 is 11.7. The van der Waals surface area contributed by atoms with Gasteiger partial charge >= 0.3 is 12.1 Å². The van der Waals surface area contributed by atoms with Gasteiger partial charge in [0.1, 0.15) is 10.5 Å². The van der Waals surface area contributed by atoms with Gasteiger partial charge in [0.15, 0.2) is 0 Å². The van der Waals surface area contributed by atoms with Crippen LogP contribution in [0.25, 0.3) is 10.1 Å². The highest BCUT2D eigenvalue weighted by Gasteiger charge is 2.24. The number of hydrogen-bond acceptors (Lipinski definition) is 5. The van der Waals surface area contributed by atoms with Gasteiger partial charge in [-0.15, -0.1) is 11.3 Å². The molecule has 2 aromatic rings. The minimum absolute atomic E-state index is 0.329. The minimum atomic E-state index is -0.623. The summed E-state index contributed by atoms with van der Waals surface area (Å²) in [6.45, 7) is 5.32. The molecule has 22 heavy (non-hydrogen) atoms. The number of benzene rings is 1. The monoisotopic (exact) mass is 385 g/mol. The van der Waals surface area contributed by atoms with Crippen molar-refractivity contribution in [3.63, 3.8) is 0 Å². The molecule has 0 aliphatic heterocycles. The van der Waals surface area contributed by atoms with E-state index in [9.17, 15) is 9.59 Å². The zero-order valence-electron chi connectivity index (χ0n) is 12.7. The van der Waals surface area contributed by atoms with Gasteiger partial charge in [-0.2, -0.15) is 0 Å². The van der Waals surface area contributed by atoms with E-state index in [1.165, 1.54) is 18.4 Å². The topological polar surface area (TPSA) is 64.6 Å². The molecule has 0 aliphatic rings. The Kier molecular flexibility index (Phi) is 4.77. The smallest absolute Gasteiger partial charge is 0.412 e. The molecular weight excluding hydrogens is 370 g/mol. The van der Waals surface area contributed by atoms with Gasteiger partial charge in [0, 0.05) is 9.86 Å². The van der Waals surface area contributed by atoms with Crippen molar-refractivity contribution in [2.45, 2.75) is 26.4 Å². The van der Waals surface area contributed by atoms with Gasteiger partial charge in [0.25, 0.3) is 0 Å². The van der Waals surface area contributed by atoms with Crippen LogP contribution in [0.4, 0.5) is 10.5 Å². The van der Waals surface area contributed by atoms with Crippen molar-refractivity contribution in [3.8, 4) is 0 Å². The maximum absolute atomic E-state index is 12.0. The highest BCUT2D eigenvalue weighted by molar-refractivity contribution is 9.10. The zero-order valence-corrected chi connectivity index (χ0v) is 15.1. The molecule has 1 N–H and O–H groups in total. The van der Waals surface area contributed by atoms with E-state index >= 15 is 0 Å². The van der Waals surface area contributed by atoms with Crippen molar-refractivity contribution in [1.29, 1.82) is 0 Å². The van der Waals surface area contributed by atoms with E-state index in [1.54, 1.807) is 20.8 Å². The first kappa shape index (κ1) is 16.8. The Balaban J connectivity index is 2.48. The molecule has 1 aromatic carbocycles. The quantitative estimate of drug-likeness (QED) is 0.754. The molecule has 1 heterocycles. The Morgan fingerprint density at radius 3 is 2.55 bits per heavy atom. The molecule has 5 nitrogen and oxygen atoms in total. The lowest BCUT2D eigenvalue weighted by molar-refractivity contribution is 0.0607. The number of ether oxygens (including phenoxy) is 2. The van der Waals surface area contributed by atoms with Crippen LogP contribution in [-0.2, 0) is 9.47 Å². The predicted molar refractivity (Wildman–Crippen MR) is 90.7 cm³/mol. The molecule has 1 amide bonds. The number of carbonyl (C=O) groups is 2. The Morgan fingerprint density at radius 1 is 1.27 bits per heavy atom. The van der Waals surface area contributed by atoms with Gasteiger partial charge in [-0.25, -0.2) is 9.59 Å². The summed E-state index contributed by atoms with van der Waals surface area (Å²) in [6, 6.07) is 5.54. The molecule has 2 rings (SSSR count). The number of nitrogens with one attached hydrogen (secondary N) is 1. The average molecular weight is 386 g/mol. The molecule has 1 aromatic heterocycles. The predicted octanol–water partition coefficient (Wildman–Crippen LogP) is 4.80. The summed E-state index contributed by atoms with van der Waals surface area (Å²) in [4.78, 5) is 24.3. The van der Waals surface area contributed by atoms with Crippen molar-refractivity contribution in [2.24, 2.45) is 0 Å². The number of fused-ring (bicyclic) bond motifs is 1. The second-order valence-corrected chi connectivity index (χ2v) is 7.42. The second-order valence-electron chi connectivity index (χ2n) is 5.54. The molecule has 0 fully saturated rings. The number of thiophene rings is 1. The normalized spacial score (nSPS) is 11.3. The first-order valence-corrected chi connectivity index (χ1v) is 8.13. The Labute approximate surface area is 140 Å². The second kappa shape index (κ2) is 6.26. The van der Waals surface area contributed by atoms with E-state index < -0.39 is 17.7 Å². The van der Waals surface area contributed by atoms with Crippen LogP contribution in [0.2, 0.25) is 0 Å². The van der Waals surface area contributed by atoms with Crippen molar-refractivity contribution in [1.82, 2.24) is 0 Å². The highest BCUT2D eigenvalue weighted by Crippen LogP contribution is 2.40. The van der Waals surface area contributed by atoms with Crippen molar-refractivity contribution in [3.05, 3.63) is 27.5 Å². The molecule has 0 spiro atoms. The molecule has 0 saturated heterocycles. The molecule has 118 valence electrons. The molecule has 7 heteroatoms. The lowest BCUT2D eigenvalue weighted by Crippen LogP contribution is -2.27. The number of rotatable bonds is 2. The van der Waals surface area contributed by atoms with E-state index in [4.69, 9.17) is 9.47 Å². The van der Waals surface area contributed by atoms with Crippen LogP contribution in [-0.4, -0.2) is 24.8 Å². The number of hydrogen-bond donors (Lipinski definition) is 1. The number of amides is 1. The number of carbonyl (C=O) groups excluding carboxylic acids is 2. The number of halogens is 1. The molecule has 0 bridgehead atoms. The standard InChI is InChI=1S/C15H16BrNO4S/c1-15(2,3)21-14(19)17-10-8-6-5-7-9(16)11(8)22-12(10)13(18)20-4/h5-7H,1-4H3,(H,17,19). The third-order valence-electron chi connectivity index (χ3n) is 2.66. The zero-order chi connectivity index (χ0) is 16.5. The van der Waals surface area contributed by atoms with Crippen LogP contribution in [0.15, 0.2) is 22.7 Å². The summed E-state index contributed by atoms with van der Waals surface area (Å²) in [6.07, 6.45) is -0.614. The van der Waals surface area contributed by atoms with Crippen LogP contribution in [0.3, 0.4) is 0 Å². The molecular formula is C15H16BrNO4S. The Bertz CT molecular complexity index is 733. The van der Waals surface area contributed by atoms with E-state index in [2.05, 4.69) is 21.2 Å². The average Bonchev–Trinajstić information content (AvgIpc) is 2.76. The van der Waals surface area contributed by atoms with Crippen molar-refractivity contribution in [2.75, 3.05) is 12.4 Å². The SMILES string of the molecule is COC(=O)c1sc2c(Br)cccc2c1NC(=O)OC(C)(C)C. The van der Waals surface area contributed by atoms with Gasteiger partial charge < -0.3 is 9.47 Å². The maximum atomic E-state index is 12.0. The van der Waals surface area contributed by atoms with Gasteiger partial charge in [0.2, 0.25) is 0 Å². The first-order valence-electron chi connectivity index (χ1n) is 6.52. The molecule has 0 atom stereocenters. The highest BCUT2D eigenvalue weighted by atomic mass is 79.9. The third kappa shape index (κ3) is 3.59. The van der Waals surface area contributed by atoms with Crippen LogP contribution < -0.4 is 5.32 Å². The van der Waals surface area contributed by atoms with E-state index in [1.807, 2.05) is 18.2 Å². The number of anilines is 1. The van der Waals surface area contributed by atoms with Gasteiger partial charge in [-0.1, -0.05) is 12.1 Å². The van der Waals surface area contributed by atoms with Gasteiger partial charge in [-0.3, -0.25) is 5.32 Å². The molecule has 0 aliphatic carbocycles. The van der Waals surface area contributed by atoms with Gasteiger partial charge in [0.05, 0.1) is 17.5 Å². The first-order chi connectivity index (χ1) is 10.2. The summed E-state index contributed by atoms with van der Waals surface area (Å²) in [5.41, 5.74) is -0.218. The molecule has 0 radical (unpaired) electrons. The fraction of sp³-hybridized carbons (Fsp3) is 0.333. The van der Waals surface area contributed by atoms with Crippen molar-refractivity contribution < 1.29 is 19.1 Å². The van der Waals surface area contributed by atoms with Crippen molar-refractivity contribution >= 4 is 55.1 Å². The Hall–Kier alpha value is -1.60.